The molecule has 0 bridgehead atoms. The van der Waals surface area contributed by atoms with E-state index >= 15 is 0 Å². The molecule has 0 radical (unpaired) electrons. The van der Waals surface area contributed by atoms with Crippen LogP contribution < -0.4 is 5.32 Å². The van der Waals surface area contributed by atoms with Gasteiger partial charge in [-0.15, -0.1) is 22.7 Å². The number of hydrogen-bond acceptors (Lipinski definition) is 4. The summed E-state index contributed by atoms with van der Waals surface area (Å²) >= 11 is 2.62. The molecule has 1 N–H and O–H groups in total. The Morgan fingerprint density at radius 2 is 2.05 bits per heavy atom. The third kappa shape index (κ3) is 2.27. The van der Waals surface area contributed by atoms with Gasteiger partial charge in [0.2, 0.25) is 0 Å². The van der Waals surface area contributed by atoms with Crippen LogP contribution >= 0.6 is 22.7 Å². The van der Waals surface area contributed by atoms with E-state index in [1.165, 1.54) is 0 Å². The van der Waals surface area contributed by atoms with Gasteiger partial charge in [0.15, 0.2) is 11.6 Å². The number of aromatic nitrogens is 1. The van der Waals surface area contributed by atoms with E-state index in [0.717, 1.165) is 21.9 Å². The van der Waals surface area contributed by atoms with Crippen molar-refractivity contribution in [2.24, 2.45) is 0 Å². The first kappa shape index (κ1) is 13.4. The normalized spacial score (nSPS) is 11.2. The SMILES string of the molecule is Cc1sccc1NCc1nc2c(F)c(F)cc(F)c2s1. The summed E-state index contributed by atoms with van der Waals surface area (Å²) in [4.78, 5) is 5.09. The number of nitrogens with one attached hydrogen (secondary N) is 1. The number of nitrogens with zero attached hydrogens (tertiary/aromatic N) is 1. The first-order valence-electron chi connectivity index (χ1n) is 5.77. The van der Waals surface area contributed by atoms with Crippen molar-refractivity contribution in [2.75, 3.05) is 5.32 Å². The van der Waals surface area contributed by atoms with E-state index in [4.69, 9.17) is 0 Å². The highest BCUT2D eigenvalue weighted by Crippen LogP contribution is 2.29. The van der Waals surface area contributed by atoms with Gasteiger partial charge in [-0.05, 0) is 18.4 Å². The predicted octanol–water partition coefficient (Wildman–Crippen LogP) is 4.70. The average Bonchev–Trinajstić information content (AvgIpc) is 3.00. The van der Waals surface area contributed by atoms with Crippen LogP contribution in [0.25, 0.3) is 10.2 Å². The zero-order valence-electron chi connectivity index (χ0n) is 10.3. The third-order valence-electron chi connectivity index (χ3n) is 2.85. The standard InChI is InChI=1S/C13H9F3N2S2/c1-6-9(2-3-19-6)17-5-10-18-12-11(16)7(14)4-8(15)13(12)20-10/h2-4,17H,5H2,1H3. The van der Waals surface area contributed by atoms with Gasteiger partial charge in [-0.25, -0.2) is 18.2 Å². The summed E-state index contributed by atoms with van der Waals surface area (Å²) in [6, 6.07) is 2.48. The molecule has 3 aromatic rings. The van der Waals surface area contributed by atoms with E-state index in [1.54, 1.807) is 11.3 Å². The second-order valence-electron chi connectivity index (χ2n) is 4.18. The van der Waals surface area contributed by atoms with Crippen LogP contribution in [0.1, 0.15) is 9.88 Å². The lowest BCUT2D eigenvalue weighted by Crippen LogP contribution is -1.98. The highest BCUT2D eigenvalue weighted by molar-refractivity contribution is 7.18. The number of aryl methyl sites for hydroxylation is 1. The summed E-state index contributed by atoms with van der Waals surface area (Å²) < 4.78 is 40.3. The van der Waals surface area contributed by atoms with Crippen LogP contribution in [0.4, 0.5) is 18.9 Å². The molecular formula is C13H9F3N2S2. The fraction of sp³-hybridized carbons (Fsp3) is 0.154. The Hall–Kier alpha value is -1.60. The van der Waals surface area contributed by atoms with Crippen LogP contribution in [0.5, 0.6) is 0 Å². The van der Waals surface area contributed by atoms with E-state index in [0.29, 0.717) is 17.6 Å². The molecule has 0 fully saturated rings. The zero-order chi connectivity index (χ0) is 14.3. The van der Waals surface area contributed by atoms with Crippen molar-refractivity contribution < 1.29 is 13.2 Å². The van der Waals surface area contributed by atoms with Gasteiger partial charge >= 0.3 is 0 Å². The molecule has 20 heavy (non-hydrogen) atoms. The van der Waals surface area contributed by atoms with Crippen molar-refractivity contribution in [3.8, 4) is 0 Å². The van der Waals surface area contributed by atoms with Gasteiger partial charge in [0.05, 0.1) is 11.2 Å². The summed E-state index contributed by atoms with van der Waals surface area (Å²) in [6.07, 6.45) is 0. The molecule has 0 aliphatic rings. The fourth-order valence-electron chi connectivity index (χ4n) is 1.84. The number of halogens is 3. The van der Waals surface area contributed by atoms with Crippen LogP contribution in [-0.4, -0.2) is 4.98 Å². The smallest absolute Gasteiger partial charge is 0.186 e. The lowest BCUT2D eigenvalue weighted by molar-refractivity contribution is 0.504. The molecule has 1 aromatic carbocycles. The summed E-state index contributed by atoms with van der Waals surface area (Å²) in [5.41, 5.74) is 0.715. The van der Waals surface area contributed by atoms with E-state index in [-0.39, 0.29) is 10.2 Å². The molecule has 2 heterocycles. The topological polar surface area (TPSA) is 24.9 Å². The van der Waals surface area contributed by atoms with Gasteiger partial charge in [0, 0.05) is 16.6 Å². The van der Waals surface area contributed by atoms with Gasteiger partial charge in [0.25, 0.3) is 0 Å². The fourth-order valence-corrected chi connectivity index (χ4v) is 3.42. The molecule has 0 aliphatic carbocycles. The van der Waals surface area contributed by atoms with E-state index in [1.807, 2.05) is 18.4 Å². The van der Waals surface area contributed by atoms with Crippen molar-refractivity contribution in [1.29, 1.82) is 0 Å². The molecule has 7 heteroatoms. The maximum atomic E-state index is 13.6. The molecule has 2 nitrogen and oxygen atoms in total. The Labute approximate surface area is 120 Å². The third-order valence-corrected chi connectivity index (χ3v) is 4.76. The molecule has 0 saturated carbocycles. The number of rotatable bonds is 3. The van der Waals surface area contributed by atoms with Crippen LogP contribution in [-0.2, 0) is 6.54 Å². The Bertz CT molecular complexity index is 779. The number of anilines is 1. The highest BCUT2D eigenvalue weighted by atomic mass is 32.1. The monoisotopic (exact) mass is 314 g/mol. The molecule has 0 atom stereocenters. The number of benzene rings is 1. The quantitative estimate of drug-likeness (QED) is 0.709. The minimum atomic E-state index is -1.21. The Morgan fingerprint density at radius 1 is 1.25 bits per heavy atom. The largest absolute Gasteiger partial charge is 0.378 e. The maximum Gasteiger partial charge on any atom is 0.186 e. The molecule has 0 spiro atoms. The second kappa shape index (κ2) is 5.06. The molecule has 2 aromatic heterocycles. The number of fused-ring (bicyclic) bond motifs is 1. The van der Waals surface area contributed by atoms with Crippen LogP contribution in [0.3, 0.4) is 0 Å². The highest BCUT2D eigenvalue weighted by Gasteiger charge is 2.17. The minimum absolute atomic E-state index is 0.0442. The van der Waals surface area contributed by atoms with Gasteiger partial charge < -0.3 is 5.32 Å². The van der Waals surface area contributed by atoms with Crippen LogP contribution in [0, 0.1) is 24.4 Å². The second-order valence-corrected chi connectivity index (χ2v) is 6.39. The number of thiazole rings is 1. The Balaban J connectivity index is 1.92. The van der Waals surface area contributed by atoms with Crippen molar-refractivity contribution in [1.82, 2.24) is 4.98 Å². The van der Waals surface area contributed by atoms with Gasteiger partial charge in [-0.3, -0.25) is 0 Å². The first-order chi connectivity index (χ1) is 9.56. The summed E-state index contributed by atoms with van der Waals surface area (Å²) in [5.74, 6) is -3.10. The molecular weight excluding hydrogens is 305 g/mol. The van der Waals surface area contributed by atoms with E-state index in [2.05, 4.69) is 10.3 Å². The Morgan fingerprint density at radius 3 is 2.75 bits per heavy atom. The zero-order valence-corrected chi connectivity index (χ0v) is 12.0. The van der Waals surface area contributed by atoms with Gasteiger partial charge in [0.1, 0.15) is 16.3 Å². The molecule has 0 aliphatic heterocycles. The average molecular weight is 314 g/mol. The lowest BCUT2D eigenvalue weighted by atomic mass is 10.3. The minimum Gasteiger partial charge on any atom is -0.378 e. The van der Waals surface area contributed by atoms with Crippen molar-refractivity contribution >= 4 is 38.6 Å². The molecule has 0 unspecified atom stereocenters. The van der Waals surface area contributed by atoms with Crippen LogP contribution in [0.2, 0.25) is 0 Å². The van der Waals surface area contributed by atoms with Crippen molar-refractivity contribution in [3.05, 3.63) is 44.8 Å². The molecule has 0 saturated heterocycles. The first-order valence-corrected chi connectivity index (χ1v) is 7.46. The van der Waals surface area contributed by atoms with Gasteiger partial charge in [-0.2, -0.15) is 0 Å². The summed E-state index contributed by atoms with van der Waals surface area (Å²) in [7, 11) is 0. The maximum absolute atomic E-state index is 13.6. The number of thiophene rings is 1. The summed E-state index contributed by atoms with van der Waals surface area (Å²) in [5, 5.41) is 5.60. The van der Waals surface area contributed by atoms with Gasteiger partial charge in [-0.1, -0.05) is 0 Å². The lowest BCUT2D eigenvalue weighted by Gasteiger charge is -2.01. The predicted molar refractivity (Wildman–Crippen MR) is 75.9 cm³/mol. The molecule has 104 valence electrons. The van der Waals surface area contributed by atoms with Crippen molar-refractivity contribution in [3.63, 3.8) is 0 Å². The number of hydrogen-bond donors (Lipinski definition) is 1. The molecule has 0 amide bonds. The summed E-state index contributed by atoms with van der Waals surface area (Å²) in [6.45, 7) is 2.32. The van der Waals surface area contributed by atoms with E-state index in [9.17, 15) is 13.2 Å². The van der Waals surface area contributed by atoms with E-state index < -0.39 is 17.5 Å². The van der Waals surface area contributed by atoms with Crippen LogP contribution in [0.15, 0.2) is 17.5 Å². The van der Waals surface area contributed by atoms with Crippen molar-refractivity contribution in [2.45, 2.75) is 13.5 Å². The molecule has 3 rings (SSSR count). The Kier molecular flexibility index (Phi) is 3.39.